The molecule has 1 unspecified atom stereocenters. The molecule has 3 saturated carbocycles. The molecule has 0 aromatic rings. The molecular weight excluding hydrogens is 418 g/mol. The van der Waals surface area contributed by atoms with Gasteiger partial charge in [-0.15, -0.1) is 0 Å². The first-order chi connectivity index (χ1) is 16.0. The number of hydrogen-bond donors (Lipinski definition) is 0. The Labute approximate surface area is 201 Å². The van der Waals surface area contributed by atoms with Crippen molar-refractivity contribution in [1.82, 2.24) is 0 Å². The molecule has 0 aromatic heterocycles. The summed E-state index contributed by atoms with van der Waals surface area (Å²) in [5, 5.41) is 0. The quantitative estimate of drug-likeness (QED) is 0.374. The molecule has 2 nitrogen and oxygen atoms in total. The molecule has 4 fully saturated rings. The maximum Gasteiger partial charge on any atom is 0.266 e. The third-order valence-electron chi connectivity index (χ3n) is 10.0. The Morgan fingerprint density at radius 1 is 0.727 bits per heavy atom. The molecule has 0 bridgehead atoms. The van der Waals surface area contributed by atoms with Crippen LogP contribution >= 0.6 is 0 Å². The Balaban J connectivity index is 1.13. The van der Waals surface area contributed by atoms with E-state index in [4.69, 9.17) is 9.47 Å². The minimum Gasteiger partial charge on any atom is -0.352 e. The van der Waals surface area contributed by atoms with Gasteiger partial charge in [-0.05, 0) is 119 Å². The molecule has 0 radical (unpaired) electrons. The van der Waals surface area contributed by atoms with Crippen molar-refractivity contribution in [3.8, 4) is 0 Å². The normalized spacial score (nSPS) is 41.3. The lowest BCUT2D eigenvalue weighted by Crippen LogP contribution is -2.42. The van der Waals surface area contributed by atoms with Gasteiger partial charge in [0.1, 0.15) is 0 Å². The molecule has 0 N–H and O–H groups in total. The summed E-state index contributed by atoms with van der Waals surface area (Å²) in [6.45, 7) is 6.56. The maximum atomic E-state index is 12.5. The van der Waals surface area contributed by atoms with Gasteiger partial charge >= 0.3 is 0 Å². The van der Waals surface area contributed by atoms with Crippen molar-refractivity contribution in [1.29, 1.82) is 0 Å². The van der Waals surface area contributed by atoms with Gasteiger partial charge in [0, 0.05) is 11.8 Å². The van der Waals surface area contributed by atoms with E-state index in [0.717, 1.165) is 68.5 Å². The molecular formula is C29H48F2O2. The van der Waals surface area contributed by atoms with Crippen LogP contribution in [0.1, 0.15) is 104 Å². The van der Waals surface area contributed by atoms with Gasteiger partial charge in [-0.1, -0.05) is 26.7 Å². The Morgan fingerprint density at radius 2 is 1.21 bits per heavy atom. The summed E-state index contributed by atoms with van der Waals surface area (Å²) < 4.78 is 37.7. The van der Waals surface area contributed by atoms with Crippen LogP contribution in [-0.4, -0.2) is 19.5 Å². The highest BCUT2D eigenvalue weighted by Gasteiger charge is 2.38. The molecule has 0 amide bonds. The molecule has 190 valence electrons. The van der Waals surface area contributed by atoms with E-state index in [1.807, 2.05) is 0 Å². The van der Waals surface area contributed by atoms with E-state index in [0.29, 0.717) is 11.8 Å². The van der Waals surface area contributed by atoms with E-state index in [9.17, 15) is 8.78 Å². The lowest BCUT2D eigenvalue weighted by molar-refractivity contribution is -0.237. The fraction of sp³-hybridized carbons (Fsp3) is 0.931. The average Bonchev–Trinajstić information content (AvgIpc) is 2.85. The molecule has 1 saturated heterocycles. The predicted octanol–water partition coefficient (Wildman–Crippen LogP) is 8.61. The van der Waals surface area contributed by atoms with Crippen LogP contribution in [0, 0.1) is 47.3 Å². The second-order valence-electron chi connectivity index (χ2n) is 12.0. The lowest BCUT2D eigenvalue weighted by atomic mass is 9.69. The summed E-state index contributed by atoms with van der Waals surface area (Å²) in [4.78, 5) is 0. The van der Waals surface area contributed by atoms with Crippen molar-refractivity contribution in [2.45, 2.75) is 110 Å². The monoisotopic (exact) mass is 466 g/mol. The van der Waals surface area contributed by atoms with Crippen molar-refractivity contribution < 1.29 is 18.3 Å². The highest BCUT2D eigenvalue weighted by Crippen LogP contribution is 2.44. The van der Waals surface area contributed by atoms with Gasteiger partial charge in [-0.3, -0.25) is 0 Å². The van der Waals surface area contributed by atoms with Gasteiger partial charge in [0.05, 0.1) is 13.2 Å². The SMILES string of the molecule is CCCC(C)C1CCC(C2COC(C3CCC(C4CCC(C=C(F)F)CC4)CC3)OC2)CC1. The maximum absolute atomic E-state index is 12.5. The van der Waals surface area contributed by atoms with Gasteiger partial charge in [0.2, 0.25) is 0 Å². The molecule has 3 aliphatic carbocycles. The minimum atomic E-state index is -1.50. The fourth-order valence-electron chi connectivity index (χ4n) is 7.80. The first kappa shape index (κ1) is 25.6. The zero-order valence-electron chi connectivity index (χ0n) is 21.2. The average molecular weight is 467 g/mol. The predicted molar refractivity (Wildman–Crippen MR) is 130 cm³/mol. The van der Waals surface area contributed by atoms with Crippen molar-refractivity contribution in [2.75, 3.05) is 13.2 Å². The zero-order chi connectivity index (χ0) is 23.2. The van der Waals surface area contributed by atoms with Crippen LogP contribution in [0.15, 0.2) is 12.2 Å². The van der Waals surface area contributed by atoms with Crippen LogP contribution in [0.4, 0.5) is 8.78 Å². The van der Waals surface area contributed by atoms with Crippen molar-refractivity contribution in [3.05, 3.63) is 12.2 Å². The second kappa shape index (κ2) is 12.5. The molecule has 1 atom stereocenters. The molecule has 0 aromatic carbocycles. The van der Waals surface area contributed by atoms with Crippen LogP contribution in [-0.2, 0) is 9.47 Å². The molecule has 4 heteroatoms. The largest absolute Gasteiger partial charge is 0.352 e. The topological polar surface area (TPSA) is 18.5 Å². The third-order valence-corrected chi connectivity index (χ3v) is 10.0. The number of rotatable bonds is 7. The van der Waals surface area contributed by atoms with E-state index >= 15 is 0 Å². The first-order valence-corrected chi connectivity index (χ1v) is 14.3. The Morgan fingerprint density at radius 3 is 1.76 bits per heavy atom. The summed E-state index contributed by atoms with van der Waals surface area (Å²) in [7, 11) is 0. The Kier molecular flexibility index (Phi) is 9.68. The van der Waals surface area contributed by atoms with Gasteiger partial charge in [-0.25, -0.2) is 0 Å². The molecule has 4 rings (SSSR count). The molecule has 4 aliphatic rings. The Bertz CT molecular complexity index is 587. The Hall–Kier alpha value is -0.480. The highest BCUT2D eigenvalue weighted by molar-refractivity contribution is 4.92. The van der Waals surface area contributed by atoms with E-state index in [-0.39, 0.29) is 12.2 Å². The van der Waals surface area contributed by atoms with Crippen LogP contribution in [0.25, 0.3) is 0 Å². The minimum absolute atomic E-state index is 0.0107. The second-order valence-corrected chi connectivity index (χ2v) is 12.0. The number of allylic oxidation sites excluding steroid dienone is 1. The summed E-state index contributed by atoms with van der Waals surface area (Å²) in [5.74, 6) is 5.39. The van der Waals surface area contributed by atoms with E-state index in [1.54, 1.807) is 0 Å². The summed E-state index contributed by atoms with van der Waals surface area (Å²) in [5.41, 5.74) is 0. The van der Waals surface area contributed by atoms with Crippen molar-refractivity contribution >= 4 is 0 Å². The fourth-order valence-corrected chi connectivity index (χ4v) is 7.80. The van der Waals surface area contributed by atoms with E-state index in [1.165, 1.54) is 70.3 Å². The van der Waals surface area contributed by atoms with Crippen molar-refractivity contribution in [3.63, 3.8) is 0 Å². The van der Waals surface area contributed by atoms with Gasteiger partial charge in [-0.2, -0.15) is 8.78 Å². The van der Waals surface area contributed by atoms with E-state index < -0.39 is 6.08 Å². The van der Waals surface area contributed by atoms with Crippen LogP contribution < -0.4 is 0 Å². The van der Waals surface area contributed by atoms with Crippen LogP contribution in [0.5, 0.6) is 0 Å². The molecule has 33 heavy (non-hydrogen) atoms. The van der Waals surface area contributed by atoms with Crippen LogP contribution in [0.2, 0.25) is 0 Å². The molecule has 1 heterocycles. The first-order valence-electron chi connectivity index (χ1n) is 14.3. The van der Waals surface area contributed by atoms with Crippen molar-refractivity contribution in [2.24, 2.45) is 47.3 Å². The van der Waals surface area contributed by atoms with Gasteiger partial charge in [0.15, 0.2) is 6.29 Å². The molecule has 0 spiro atoms. The number of hydrogen-bond acceptors (Lipinski definition) is 2. The summed E-state index contributed by atoms with van der Waals surface area (Å²) >= 11 is 0. The van der Waals surface area contributed by atoms with Crippen LogP contribution in [0.3, 0.4) is 0 Å². The number of ether oxygens (including phenoxy) is 2. The standard InChI is InChI=1S/C29H48F2O2/c1-3-4-20(2)22-9-11-25(12-10-22)27-18-32-29(33-19-27)26-15-13-24(14-16-26)23-7-5-21(6-8-23)17-28(30)31/h17,20-27,29H,3-16,18-19H2,1-2H3. The highest BCUT2D eigenvalue weighted by atomic mass is 19.3. The van der Waals surface area contributed by atoms with Gasteiger partial charge in [0.25, 0.3) is 6.08 Å². The smallest absolute Gasteiger partial charge is 0.266 e. The third kappa shape index (κ3) is 7.03. The zero-order valence-corrected chi connectivity index (χ0v) is 21.2. The number of halogens is 2. The van der Waals surface area contributed by atoms with Gasteiger partial charge < -0.3 is 9.47 Å². The summed E-state index contributed by atoms with van der Waals surface area (Å²) in [6, 6.07) is 0. The molecule has 1 aliphatic heterocycles. The van der Waals surface area contributed by atoms with E-state index in [2.05, 4.69) is 13.8 Å². The summed E-state index contributed by atoms with van der Waals surface area (Å²) in [6.07, 6.45) is 17.0. The lowest BCUT2D eigenvalue weighted by Gasteiger charge is -2.43.